The number of nitrogens with one attached hydrogen (secondary N) is 2. The van der Waals surface area contributed by atoms with Crippen LogP contribution in [0.2, 0.25) is 0 Å². The fourth-order valence-corrected chi connectivity index (χ4v) is 1.25. The second-order valence-corrected chi connectivity index (χ2v) is 3.25. The van der Waals surface area contributed by atoms with Crippen molar-refractivity contribution in [2.75, 3.05) is 5.32 Å². The van der Waals surface area contributed by atoms with Crippen molar-refractivity contribution >= 4 is 11.7 Å². The lowest BCUT2D eigenvalue weighted by atomic mass is 10.2. The quantitative estimate of drug-likeness (QED) is 0.780. The Labute approximate surface area is 87.3 Å². The van der Waals surface area contributed by atoms with Crippen molar-refractivity contribution in [1.29, 1.82) is 0 Å². The molecule has 4 heteroatoms. The number of carbonyl (C=O) groups excluding carboxylic acids is 1. The molecule has 0 saturated carbocycles. The maximum absolute atomic E-state index is 11.7. The molecule has 2 rings (SSSR count). The Bertz CT molecular complexity index is 462. The Hall–Kier alpha value is -2.10. The Morgan fingerprint density at radius 2 is 2.07 bits per heavy atom. The lowest BCUT2D eigenvalue weighted by Crippen LogP contribution is -2.12. The van der Waals surface area contributed by atoms with Crippen LogP contribution in [-0.2, 0) is 0 Å². The predicted molar refractivity (Wildman–Crippen MR) is 57.7 cm³/mol. The Morgan fingerprint density at radius 3 is 2.67 bits per heavy atom. The van der Waals surface area contributed by atoms with Crippen molar-refractivity contribution < 1.29 is 4.79 Å². The summed E-state index contributed by atoms with van der Waals surface area (Å²) in [4.78, 5) is 11.7. The van der Waals surface area contributed by atoms with Crippen LogP contribution in [0.5, 0.6) is 0 Å². The van der Waals surface area contributed by atoms with Crippen LogP contribution < -0.4 is 5.32 Å². The normalized spacial score (nSPS) is 9.93. The average Bonchev–Trinajstić information content (AvgIpc) is 2.66. The summed E-state index contributed by atoms with van der Waals surface area (Å²) < 4.78 is 0. The van der Waals surface area contributed by atoms with Crippen LogP contribution in [0.4, 0.5) is 5.82 Å². The maximum Gasteiger partial charge on any atom is 0.256 e. The second-order valence-electron chi connectivity index (χ2n) is 3.25. The van der Waals surface area contributed by atoms with Crippen LogP contribution in [0.1, 0.15) is 15.9 Å². The number of nitrogens with zero attached hydrogens (tertiary/aromatic N) is 1. The number of aryl methyl sites for hydroxylation is 1. The van der Waals surface area contributed by atoms with Crippen LogP contribution in [-0.4, -0.2) is 16.1 Å². The van der Waals surface area contributed by atoms with Crippen LogP contribution >= 0.6 is 0 Å². The summed E-state index contributed by atoms with van der Waals surface area (Å²) in [5.41, 5.74) is 1.55. The molecule has 76 valence electrons. The monoisotopic (exact) mass is 201 g/mol. The van der Waals surface area contributed by atoms with Gasteiger partial charge in [-0.25, -0.2) is 0 Å². The zero-order valence-electron chi connectivity index (χ0n) is 8.32. The minimum atomic E-state index is -0.136. The number of benzene rings is 1. The van der Waals surface area contributed by atoms with Gasteiger partial charge >= 0.3 is 0 Å². The molecule has 0 fully saturated rings. The van der Waals surface area contributed by atoms with Gasteiger partial charge in [0.1, 0.15) is 5.82 Å². The topological polar surface area (TPSA) is 57.8 Å². The number of carbonyl (C=O) groups is 1. The zero-order valence-corrected chi connectivity index (χ0v) is 8.32. The largest absolute Gasteiger partial charge is 0.307 e. The Kier molecular flexibility index (Phi) is 2.49. The molecule has 4 nitrogen and oxygen atoms in total. The number of hydrogen-bond acceptors (Lipinski definition) is 2. The third-order valence-electron chi connectivity index (χ3n) is 2.10. The molecule has 1 amide bonds. The van der Waals surface area contributed by atoms with Gasteiger partial charge in [0.25, 0.3) is 5.91 Å². The van der Waals surface area contributed by atoms with E-state index in [1.807, 2.05) is 25.1 Å². The lowest BCUT2D eigenvalue weighted by molar-refractivity contribution is 0.102. The molecule has 0 unspecified atom stereocenters. The summed E-state index contributed by atoms with van der Waals surface area (Å²) in [5, 5.41) is 9.30. The molecule has 1 aromatic carbocycles. The summed E-state index contributed by atoms with van der Waals surface area (Å²) >= 11 is 0. The maximum atomic E-state index is 11.7. The number of rotatable bonds is 2. The highest BCUT2D eigenvalue weighted by molar-refractivity contribution is 6.03. The van der Waals surface area contributed by atoms with Crippen molar-refractivity contribution in [2.24, 2.45) is 0 Å². The van der Waals surface area contributed by atoms with Gasteiger partial charge in [-0.2, -0.15) is 5.10 Å². The highest BCUT2D eigenvalue weighted by Gasteiger charge is 2.07. The lowest BCUT2D eigenvalue weighted by Gasteiger charge is -2.02. The summed E-state index contributed by atoms with van der Waals surface area (Å²) in [6.45, 7) is 1.88. The number of hydrogen-bond donors (Lipinski definition) is 2. The van der Waals surface area contributed by atoms with E-state index < -0.39 is 0 Å². The van der Waals surface area contributed by atoms with E-state index >= 15 is 0 Å². The van der Waals surface area contributed by atoms with E-state index in [1.54, 1.807) is 18.3 Å². The van der Waals surface area contributed by atoms with Crippen LogP contribution in [0.25, 0.3) is 0 Å². The van der Waals surface area contributed by atoms with Crippen LogP contribution in [0.15, 0.2) is 36.5 Å². The molecule has 0 spiro atoms. The second kappa shape index (κ2) is 3.96. The fraction of sp³-hybridized carbons (Fsp3) is 0.0909. The highest BCUT2D eigenvalue weighted by atomic mass is 16.1. The molecule has 0 aliphatic heterocycles. The molecule has 0 saturated heterocycles. The van der Waals surface area contributed by atoms with E-state index in [1.165, 1.54) is 0 Å². The smallest absolute Gasteiger partial charge is 0.256 e. The number of aromatic nitrogens is 2. The van der Waals surface area contributed by atoms with E-state index in [2.05, 4.69) is 15.5 Å². The van der Waals surface area contributed by atoms with E-state index in [4.69, 9.17) is 0 Å². The number of aromatic amines is 1. The molecule has 0 radical (unpaired) electrons. The van der Waals surface area contributed by atoms with Crippen molar-refractivity contribution in [3.63, 3.8) is 0 Å². The Balaban J connectivity index is 2.15. The standard InChI is InChI=1S/C11H11N3O/c1-8-7-12-14-10(8)13-11(15)9-5-3-2-4-6-9/h2-7H,1H3,(H2,12,13,14,15). The van der Waals surface area contributed by atoms with E-state index in [-0.39, 0.29) is 5.91 Å². The SMILES string of the molecule is Cc1cn[nH]c1NC(=O)c1ccccc1. The first-order valence-electron chi connectivity index (χ1n) is 4.64. The molecule has 1 aromatic heterocycles. The molecule has 0 atom stereocenters. The molecule has 0 bridgehead atoms. The minimum absolute atomic E-state index is 0.136. The first-order valence-corrected chi connectivity index (χ1v) is 4.64. The van der Waals surface area contributed by atoms with Crippen molar-refractivity contribution in [3.05, 3.63) is 47.7 Å². The first kappa shape index (κ1) is 9.45. The van der Waals surface area contributed by atoms with Crippen molar-refractivity contribution in [2.45, 2.75) is 6.92 Å². The van der Waals surface area contributed by atoms with Gasteiger partial charge < -0.3 is 5.32 Å². The fourth-order valence-electron chi connectivity index (χ4n) is 1.25. The summed E-state index contributed by atoms with van der Waals surface area (Å²) in [6, 6.07) is 9.06. The van der Waals surface area contributed by atoms with Crippen LogP contribution in [0, 0.1) is 6.92 Å². The molecule has 2 N–H and O–H groups in total. The van der Waals surface area contributed by atoms with E-state index in [0.29, 0.717) is 11.4 Å². The van der Waals surface area contributed by atoms with Crippen LogP contribution in [0.3, 0.4) is 0 Å². The molecule has 2 aromatic rings. The summed E-state index contributed by atoms with van der Waals surface area (Å²) in [6.07, 6.45) is 1.67. The molecule has 0 aliphatic rings. The zero-order chi connectivity index (χ0) is 10.7. The van der Waals surface area contributed by atoms with Gasteiger partial charge in [-0.05, 0) is 19.1 Å². The molecule has 1 heterocycles. The third-order valence-corrected chi connectivity index (χ3v) is 2.10. The van der Waals surface area contributed by atoms with E-state index in [0.717, 1.165) is 5.56 Å². The molecule has 0 aliphatic carbocycles. The van der Waals surface area contributed by atoms with E-state index in [9.17, 15) is 4.79 Å². The summed E-state index contributed by atoms with van der Waals surface area (Å²) in [7, 11) is 0. The van der Waals surface area contributed by atoms with Gasteiger partial charge in [0.2, 0.25) is 0 Å². The van der Waals surface area contributed by atoms with Crippen molar-refractivity contribution in [1.82, 2.24) is 10.2 Å². The predicted octanol–water partition coefficient (Wildman–Crippen LogP) is 1.97. The highest BCUT2D eigenvalue weighted by Crippen LogP contribution is 2.10. The van der Waals surface area contributed by atoms with Crippen molar-refractivity contribution in [3.8, 4) is 0 Å². The van der Waals surface area contributed by atoms with Gasteiger partial charge in [-0.3, -0.25) is 9.89 Å². The minimum Gasteiger partial charge on any atom is -0.307 e. The third kappa shape index (κ3) is 2.04. The van der Waals surface area contributed by atoms with Gasteiger partial charge in [-0.15, -0.1) is 0 Å². The number of H-pyrrole nitrogens is 1. The molecular weight excluding hydrogens is 190 g/mol. The van der Waals surface area contributed by atoms with Gasteiger partial charge in [0.15, 0.2) is 0 Å². The number of anilines is 1. The summed E-state index contributed by atoms with van der Waals surface area (Å²) in [5.74, 6) is 0.506. The molecular formula is C11H11N3O. The first-order chi connectivity index (χ1) is 7.27. The van der Waals surface area contributed by atoms with Gasteiger partial charge in [-0.1, -0.05) is 18.2 Å². The number of amides is 1. The molecule has 15 heavy (non-hydrogen) atoms. The average molecular weight is 201 g/mol. The Morgan fingerprint density at radius 1 is 1.33 bits per heavy atom. The van der Waals surface area contributed by atoms with Gasteiger partial charge in [0, 0.05) is 11.1 Å². The van der Waals surface area contributed by atoms with Gasteiger partial charge in [0.05, 0.1) is 6.20 Å².